The monoisotopic (exact) mass is 448 g/mol. The molecule has 2 aromatic carbocycles. The Labute approximate surface area is 190 Å². The number of rotatable bonds is 5. The number of nitrogens with one attached hydrogen (secondary N) is 2. The van der Waals surface area contributed by atoms with E-state index < -0.39 is 6.03 Å². The summed E-state index contributed by atoms with van der Waals surface area (Å²) in [7, 11) is 0. The van der Waals surface area contributed by atoms with E-state index in [0.717, 1.165) is 11.4 Å². The molecule has 2 aromatic heterocycles. The van der Waals surface area contributed by atoms with Gasteiger partial charge in [0.2, 0.25) is 5.88 Å². The summed E-state index contributed by atoms with van der Waals surface area (Å²) in [4.78, 5) is 25.4. The van der Waals surface area contributed by atoms with Gasteiger partial charge in [-0.3, -0.25) is 4.57 Å². The maximum Gasteiger partial charge on any atom is 0.323 e. The number of urea groups is 1. The number of para-hydroxylation sites is 1. The molecule has 0 aliphatic heterocycles. The van der Waals surface area contributed by atoms with E-state index >= 15 is 0 Å². The van der Waals surface area contributed by atoms with Gasteiger partial charge in [-0.2, -0.15) is 4.98 Å². The first-order valence-corrected chi connectivity index (χ1v) is 10.2. The van der Waals surface area contributed by atoms with E-state index in [-0.39, 0.29) is 0 Å². The van der Waals surface area contributed by atoms with Crippen LogP contribution in [-0.2, 0) is 0 Å². The predicted octanol–water partition coefficient (Wildman–Crippen LogP) is 5.68. The highest BCUT2D eigenvalue weighted by Crippen LogP contribution is 2.24. The smallest absolute Gasteiger partial charge is 0.323 e. The van der Waals surface area contributed by atoms with Gasteiger partial charge in [0.15, 0.2) is 0 Å². The van der Waals surface area contributed by atoms with Gasteiger partial charge < -0.3 is 15.4 Å². The Kier molecular flexibility index (Phi) is 6.04. The van der Waals surface area contributed by atoms with Gasteiger partial charge >= 0.3 is 6.03 Å². The molecule has 0 aliphatic carbocycles. The lowest BCUT2D eigenvalue weighted by atomic mass is 10.3. The van der Waals surface area contributed by atoms with Gasteiger partial charge in [0, 0.05) is 17.4 Å². The van der Waals surface area contributed by atoms with Crippen molar-refractivity contribution in [3.63, 3.8) is 0 Å². The first-order valence-electron chi connectivity index (χ1n) is 9.86. The van der Waals surface area contributed by atoms with Crippen LogP contribution in [0.5, 0.6) is 11.6 Å². The van der Waals surface area contributed by atoms with E-state index in [4.69, 9.17) is 16.3 Å². The minimum absolute atomic E-state index is 0.395. The number of hydrogen-bond acceptors (Lipinski definition) is 5. The third kappa shape index (κ3) is 4.87. The van der Waals surface area contributed by atoms with Crippen LogP contribution in [0.2, 0.25) is 5.02 Å². The molecule has 0 atom stereocenters. The number of ether oxygens (including phenoxy) is 1. The molecular formula is C23H21ClN6O2. The van der Waals surface area contributed by atoms with Crippen LogP contribution in [0, 0.1) is 20.8 Å². The van der Waals surface area contributed by atoms with Gasteiger partial charge in [0.05, 0.1) is 16.4 Å². The number of nitrogens with zero attached hydrogens (tertiary/aromatic N) is 4. The number of hydrogen-bond donors (Lipinski definition) is 2. The third-order valence-corrected chi connectivity index (χ3v) is 5.09. The Morgan fingerprint density at radius 1 is 1.00 bits per heavy atom. The van der Waals surface area contributed by atoms with E-state index in [1.54, 1.807) is 67.8 Å². The minimum Gasteiger partial charge on any atom is -0.439 e. The molecule has 0 saturated carbocycles. The number of benzene rings is 2. The molecule has 4 rings (SSSR count). The van der Waals surface area contributed by atoms with Crippen molar-refractivity contribution in [2.24, 2.45) is 0 Å². The molecule has 8 nitrogen and oxygen atoms in total. The van der Waals surface area contributed by atoms with Crippen LogP contribution < -0.4 is 15.4 Å². The molecule has 0 fully saturated rings. The largest absolute Gasteiger partial charge is 0.439 e. The topological polar surface area (TPSA) is 94.0 Å². The Hall–Kier alpha value is -3.91. The summed E-state index contributed by atoms with van der Waals surface area (Å²) in [5.41, 5.74) is 3.07. The highest BCUT2D eigenvalue weighted by molar-refractivity contribution is 6.33. The van der Waals surface area contributed by atoms with Crippen LogP contribution >= 0.6 is 11.6 Å². The number of imidazole rings is 1. The lowest BCUT2D eigenvalue weighted by Gasteiger charge is -2.11. The zero-order valence-electron chi connectivity index (χ0n) is 17.8. The lowest BCUT2D eigenvalue weighted by molar-refractivity contribution is 0.262. The number of aromatic nitrogens is 4. The number of carbonyl (C=O) groups is 1. The number of anilines is 2. The molecule has 4 aromatic rings. The summed E-state index contributed by atoms with van der Waals surface area (Å²) in [5.74, 6) is 2.25. The molecule has 2 amide bonds. The average molecular weight is 449 g/mol. The molecular weight excluding hydrogens is 428 g/mol. The molecule has 0 saturated heterocycles. The van der Waals surface area contributed by atoms with Gasteiger partial charge in [-0.1, -0.05) is 23.7 Å². The van der Waals surface area contributed by atoms with Crippen molar-refractivity contribution >= 4 is 29.0 Å². The van der Waals surface area contributed by atoms with Gasteiger partial charge in [0.25, 0.3) is 0 Å². The first-order chi connectivity index (χ1) is 15.4. The normalized spacial score (nSPS) is 10.6. The Morgan fingerprint density at radius 2 is 1.75 bits per heavy atom. The zero-order chi connectivity index (χ0) is 22.7. The van der Waals surface area contributed by atoms with Gasteiger partial charge in [0.1, 0.15) is 23.7 Å². The van der Waals surface area contributed by atoms with Crippen molar-refractivity contribution in [2.45, 2.75) is 20.8 Å². The summed E-state index contributed by atoms with van der Waals surface area (Å²) in [6, 6.07) is 15.3. The summed E-state index contributed by atoms with van der Waals surface area (Å²) in [5, 5.41) is 5.93. The third-order valence-electron chi connectivity index (χ3n) is 4.76. The summed E-state index contributed by atoms with van der Waals surface area (Å²) in [6.07, 6.45) is 1.73. The van der Waals surface area contributed by atoms with Crippen LogP contribution in [0.4, 0.5) is 16.2 Å². The molecule has 0 unspecified atom stereocenters. The van der Waals surface area contributed by atoms with Crippen LogP contribution in [0.3, 0.4) is 0 Å². The molecule has 0 aliphatic rings. The van der Waals surface area contributed by atoms with E-state index in [1.165, 1.54) is 0 Å². The van der Waals surface area contributed by atoms with Crippen molar-refractivity contribution in [3.05, 3.63) is 83.2 Å². The van der Waals surface area contributed by atoms with E-state index in [9.17, 15) is 4.79 Å². The molecule has 0 bridgehead atoms. The van der Waals surface area contributed by atoms with Crippen LogP contribution in [-0.4, -0.2) is 25.6 Å². The molecule has 0 spiro atoms. The van der Waals surface area contributed by atoms with E-state index in [1.807, 2.05) is 18.4 Å². The van der Waals surface area contributed by atoms with E-state index in [0.29, 0.717) is 39.7 Å². The Morgan fingerprint density at radius 3 is 2.44 bits per heavy atom. The number of halogens is 1. The fourth-order valence-corrected chi connectivity index (χ4v) is 3.19. The van der Waals surface area contributed by atoms with Crippen molar-refractivity contribution in [3.8, 4) is 17.4 Å². The lowest BCUT2D eigenvalue weighted by Crippen LogP contribution is -2.19. The average Bonchev–Trinajstić information content (AvgIpc) is 3.09. The number of amides is 2. The highest BCUT2D eigenvalue weighted by atomic mass is 35.5. The Balaban J connectivity index is 1.44. The van der Waals surface area contributed by atoms with Gasteiger partial charge in [-0.05, 0) is 57.2 Å². The molecule has 0 radical (unpaired) electrons. The molecule has 32 heavy (non-hydrogen) atoms. The number of carbonyl (C=O) groups excluding carboxylic acids is 1. The SMILES string of the molecule is Cc1nc(Oc2ccc(NC(=O)Nc3ccccc3Cl)cc2)cc(-n2cnc(C)c2C)n1. The standard InChI is InChI=1S/C23H21ClN6O2/c1-14-15(2)30(13-25-14)21-12-22(27-16(3)26-21)32-18-10-8-17(9-11-18)28-23(31)29-20-7-5-4-6-19(20)24/h4-13H,1-3H3,(H2,28,29,31). The summed E-state index contributed by atoms with van der Waals surface area (Å²) in [6.45, 7) is 5.73. The first kappa shape index (κ1) is 21.3. The fraction of sp³-hybridized carbons (Fsp3) is 0.130. The second kappa shape index (κ2) is 9.07. The molecule has 2 N–H and O–H groups in total. The second-order valence-electron chi connectivity index (χ2n) is 7.08. The van der Waals surface area contributed by atoms with Gasteiger partial charge in [-0.15, -0.1) is 0 Å². The van der Waals surface area contributed by atoms with Crippen molar-refractivity contribution < 1.29 is 9.53 Å². The van der Waals surface area contributed by atoms with Crippen molar-refractivity contribution in [1.29, 1.82) is 0 Å². The minimum atomic E-state index is -0.395. The second-order valence-corrected chi connectivity index (χ2v) is 7.49. The maximum atomic E-state index is 12.2. The number of aryl methyl sites for hydroxylation is 2. The highest BCUT2D eigenvalue weighted by Gasteiger charge is 2.10. The van der Waals surface area contributed by atoms with E-state index in [2.05, 4.69) is 25.6 Å². The van der Waals surface area contributed by atoms with Crippen LogP contribution in [0.25, 0.3) is 5.82 Å². The Bertz CT molecular complexity index is 1270. The molecule has 162 valence electrons. The van der Waals surface area contributed by atoms with Crippen LogP contribution in [0.15, 0.2) is 60.9 Å². The fourth-order valence-electron chi connectivity index (χ4n) is 3.00. The quantitative estimate of drug-likeness (QED) is 0.409. The van der Waals surface area contributed by atoms with Crippen molar-refractivity contribution in [1.82, 2.24) is 19.5 Å². The van der Waals surface area contributed by atoms with Crippen LogP contribution in [0.1, 0.15) is 17.2 Å². The summed E-state index contributed by atoms with van der Waals surface area (Å²) < 4.78 is 7.80. The van der Waals surface area contributed by atoms with Crippen molar-refractivity contribution in [2.75, 3.05) is 10.6 Å². The summed E-state index contributed by atoms with van der Waals surface area (Å²) >= 11 is 6.07. The predicted molar refractivity (Wildman–Crippen MR) is 124 cm³/mol. The molecule has 9 heteroatoms. The zero-order valence-corrected chi connectivity index (χ0v) is 18.5. The van der Waals surface area contributed by atoms with Gasteiger partial charge in [-0.25, -0.2) is 14.8 Å². The maximum absolute atomic E-state index is 12.2. The molecule has 2 heterocycles.